The van der Waals surface area contributed by atoms with Gasteiger partial charge in [0.2, 0.25) is 10.0 Å². The van der Waals surface area contributed by atoms with E-state index in [1.54, 1.807) is 43.0 Å². The van der Waals surface area contributed by atoms with Gasteiger partial charge in [0.15, 0.2) is 0 Å². The number of thioether (sulfide) groups is 1. The van der Waals surface area contributed by atoms with Crippen molar-refractivity contribution in [2.75, 3.05) is 19.5 Å². The zero-order valence-corrected chi connectivity index (χ0v) is 24.6. The summed E-state index contributed by atoms with van der Waals surface area (Å²) in [4.78, 5) is 16.5. The Morgan fingerprint density at radius 1 is 1.02 bits per heavy atom. The van der Waals surface area contributed by atoms with Crippen molar-refractivity contribution >= 4 is 39.1 Å². The van der Waals surface area contributed by atoms with Gasteiger partial charge in [0, 0.05) is 23.2 Å². The maximum atomic E-state index is 13.3. The highest BCUT2D eigenvalue weighted by molar-refractivity contribution is 8.01. The summed E-state index contributed by atoms with van der Waals surface area (Å²) >= 11 is 2.65. The van der Waals surface area contributed by atoms with Crippen LogP contribution in [0.25, 0.3) is 11.1 Å². The van der Waals surface area contributed by atoms with Gasteiger partial charge in [0.25, 0.3) is 0 Å². The van der Waals surface area contributed by atoms with Crippen LogP contribution in [0, 0.1) is 5.92 Å². The Kier molecular flexibility index (Phi) is 10.9. The fraction of sp³-hybridized carbons (Fsp3) is 0.241. The molecule has 4 aromatic rings. The molecule has 0 fully saturated rings. The predicted molar refractivity (Wildman–Crippen MR) is 159 cm³/mol. The number of methoxy groups -OCH3 is 1. The minimum absolute atomic E-state index is 0.100. The summed E-state index contributed by atoms with van der Waals surface area (Å²) in [5.41, 5.74) is 2.51. The van der Waals surface area contributed by atoms with E-state index in [-0.39, 0.29) is 23.9 Å². The Morgan fingerprint density at radius 2 is 1.68 bits per heavy atom. The number of carboxylic acids is 1. The summed E-state index contributed by atoms with van der Waals surface area (Å²) in [5.74, 6) is -1.70. The average molecular weight is 615 g/mol. The van der Waals surface area contributed by atoms with Crippen LogP contribution in [0.2, 0.25) is 0 Å². The van der Waals surface area contributed by atoms with Crippen LogP contribution in [0.3, 0.4) is 0 Å². The normalized spacial score (nSPS) is 13.8. The van der Waals surface area contributed by atoms with Crippen LogP contribution in [0.1, 0.15) is 5.56 Å². The molecule has 0 aliphatic carbocycles. The fourth-order valence-corrected chi connectivity index (χ4v) is 6.98. The quantitative estimate of drug-likeness (QED) is 0.165. The third-order valence-electron chi connectivity index (χ3n) is 6.27. The van der Waals surface area contributed by atoms with E-state index in [0.717, 1.165) is 16.7 Å². The lowest BCUT2D eigenvalue weighted by Crippen LogP contribution is -2.51. The molecule has 3 unspecified atom stereocenters. The molecule has 3 N–H and O–H groups in total. The molecule has 9 nitrogen and oxygen atoms in total. The van der Waals surface area contributed by atoms with E-state index in [2.05, 4.69) is 9.71 Å². The van der Waals surface area contributed by atoms with Crippen molar-refractivity contribution in [3.63, 3.8) is 0 Å². The van der Waals surface area contributed by atoms with Gasteiger partial charge < -0.3 is 19.7 Å². The lowest BCUT2D eigenvalue weighted by Gasteiger charge is -2.28. The molecule has 0 bridgehead atoms. The Balaban J connectivity index is 1.51. The van der Waals surface area contributed by atoms with Crippen LogP contribution < -0.4 is 9.46 Å². The molecule has 3 aromatic carbocycles. The minimum atomic E-state index is -4.26. The molecule has 0 saturated carbocycles. The summed E-state index contributed by atoms with van der Waals surface area (Å²) in [6.07, 6.45) is 0.425. The number of aliphatic hydroxyl groups excluding tert-OH is 1. The molecule has 4 rings (SSSR count). The topological polar surface area (TPSA) is 135 Å². The van der Waals surface area contributed by atoms with Gasteiger partial charge in [-0.1, -0.05) is 66.4 Å². The van der Waals surface area contributed by atoms with Gasteiger partial charge in [-0.15, -0.1) is 11.3 Å². The molecule has 3 atom stereocenters. The van der Waals surface area contributed by atoms with Crippen molar-refractivity contribution < 1.29 is 32.9 Å². The Hall–Kier alpha value is -3.26. The van der Waals surface area contributed by atoms with Gasteiger partial charge in [0.05, 0.1) is 31.3 Å². The highest BCUT2D eigenvalue weighted by atomic mass is 32.2. The van der Waals surface area contributed by atoms with E-state index in [1.165, 1.54) is 35.2 Å². The Labute approximate surface area is 247 Å². The monoisotopic (exact) mass is 614 g/mol. The number of sulfonamides is 1. The van der Waals surface area contributed by atoms with Crippen LogP contribution in [0.15, 0.2) is 99.7 Å². The van der Waals surface area contributed by atoms with Gasteiger partial charge in [-0.25, -0.2) is 13.4 Å². The first-order valence-corrected chi connectivity index (χ1v) is 15.9. The SMILES string of the molecule is COc1ccc(-c2ccc(S(=O)(=O)NC(C(=O)O)C(COCc3ccccc3)C(O)CSc3nccs3)cc2)cc1. The molecule has 216 valence electrons. The largest absolute Gasteiger partial charge is 0.497 e. The molecular weight excluding hydrogens is 585 g/mol. The average Bonchev–Trinajstić information content (AvgIpc) is 3.52. The summed E-state index contributed by atoms with van der Waals surface area (Å²) in [7, 11) is -2.69. The maximum absolute atomic E-state index is 13.3. The first-order chi connectivity index (χ1) is 19.8. The summed E-state index contributed by atoms with van der Waals surface area (Å²) in [5, 5.41) is 22.9. The number of rotatable bonds is 15. The molecule has 12 heteroatoms. The maximum Gasteiger partial charge on any atom is 0.322 e. The minimum Gasteiger partial charge on any atom is -0.497 e. The second-order valence-corrected chi connectivity index (χ2v) is 12.9. The van der Waals surface area contributed by atoms with Gasteiger partial charge in [0.1, 0.15) is 16.1 Å². The first-order valence-electron chi connectivity index (χ1n) is 12.6. The molecule has 0 saturated heterocycles. The summed E-state index contributed by atoms with van der Waals surface area (Å²) in [6, 6.07) is 21.1. The number of nitrogens with one attached hydrogen (secondary N) is 1. The third-order valence-corrected chi connectivity index (χ3v) is 9.79. The van der Waals surface area contributed by atoms with E-state index in [9.17, 15) is 23.4 Å². The van der Waals surface area contributed by atoms with Crippen LogP contribution in [0.5, 0.6) is 5.75 Å². The summed E-state index contributed by atoms with van der Waals surface area (Å²) in [6.45, 7) is -0.0139. The van der Waals surface area contributed by atoms with Gasteiger partial charge in [-0.05, 0) is 41.0 Å². The zero-order chi connectivity index (χ0) is 29.2. The second-order valence-electron chi connectivity index (χ2n) is 9.03. The van der Waals surface area contributed by atoms with Crippen LogP contribution in [-0.2, 0) is 26.2 Å². The van der Waals surface area contributed by atoms with Crippen molar-refractivity contribution in [1.29, 1.82) is 0 Å². The molecule has 1 aromatic heterocycles. The number of ether oxygens (including phenoxy) is 2. The molecule has 0 spiro atoms. The molecular formula is C29H30N2O7S3. The van der Waals surface area contributed by atoms with E-state index in [0.29, 0.717) is 10.1 Å². The van der Waals surface area contributed by atoms with Crippen LogP contribution >= 0.6 is 23.1 Å². The number of hydrogen-bond donors (Lipinski definition) is 3. The van der Waals surface area contributed by atoms with Crippen molar-refractivity contribution in [3.05, 3.63) is 96.0 Å². The lowest BCUT2D eigenvalue weighted by molar-refractivity contribution is -0.142. The smallest absolute Gasteiger partial charge is 0.322 e. The summed E-state index contributed by atoms with van der Waals surface area (Å²) < 4.78 is 40.6. The Bertz CT molecular complexity index is 1480. The molecule has 1 heterocycles. The number of carbonyl (C=O) groups is 1. The number of thiazole rings is 1. The predicted octanol–water partition coefficient (Wildman–Crippen LogP) is 4.54. The highest BCUT2D eigenvalue weighted by Crippen LogP contribution is 2.27. The third kappa shape index (κ3) is 8.62. The first kappa shape index (κ1) is 30.7. The molecule has 0 aliphatic rings. The molecule has 0 aliphatic heterocycles. The van der Waals surface area contributed by atoms with E-state index < -0.39 is 34.1 Å². The number of aliphatic carboxylic acids is 1. The van der Waals surface area contributed by atoms with Crippen LogP contribution in [-0.4, -0.2) is 61.2 Å². The van der Waals surface area contributed by atoms with Crippen molar-refractivity contribution in [2.45, 2.75) is 28.0 Å². The number of hydrogen-bond acceptors (Lipinski definition) is 9. The lowest BCUT2D eigenvalue weighted by atomic mass is 9.96. The van der Waals surface area contributed by atoms with Crippen molar-refractivity contribution in [2.24, 2.45) is 5.92 Å². The zero-order valence-electron chi connectivity index (χ0n) is 22.1. The highest BCUT2D eigenvalue weighted by Gasteiger charge is 2.37. The van der Waals surface area contributed by atoms with Gasteiger partial charge in [-0.3, -0.25) is 4.79 Å². The molecule has 0 amide bonds. The molecule has 41 heavy (non-hydrogen) atoms. The number of carboxylic acid groups (broad SMARTS) is 1. The van der Waals surface area contributed by atoms with Crippen LogP contribution in [0.4, 0.5) is 0 Å². The Morgan fingerprint density at radius 3 is 2.27 bits per heavy atom. The van der Waals surface area contributed by atoms with E-state index >= 15 is 0 Å². The number of nitrogens with zero attached hydrogens (tertiary/aromatic N) is 1. The fourth-order valence-electron chi connectivity index (χ4n) is 4.04. The standard InChI is InChI=1S/C29H30N2O7S3/c1-37-23-11-7-21(8-12-23)22-9-13-24(14-10-22)41(35,36)31-27(28(33)34)25(18-38-17-20-5-3-2-4-6-20)26(32)19-40-29-30-15-16-39-29/h2-16,25-27,31-32H,17-19H2,1H3,(H,33,34). The van der Waals surface area contributed by atoms with Crippen molar-refractivity contribution in [3.8, 4) is 16.9 Å². The second kappa shape index (κ2) is 14.6. The van der Waals surface area contributed by atoms with Crippen molar-refractivity contribution in [1.82, 2.24) is 9.71 Å². The van der Waals surface area contributed by atoms with Gasteiger partial charge >= 0.3 is 5.97 Å². The number of benzene rings is 3. The van der Waals surface area contributed by atoms with E-state index in [1.807, 2.05) is 42.5 Å². The van der Waals surface area contributed by atoms with E-state index in [4.69, 9.17) is 9.47 Å². The van der Waals surface area contributed by atoms with Gasteiger partial charge in [-0.2, -0.15) is 4.72 Å². The molecule has 0 radical (unpaired) electrons. The number of aromatic nitrogens is 1. The number of aliphatic hydroxyl groups is 1.